The third-order valence-electron chi connectivity index (χ3n) is 5.75. The number of fused-ring (bicyclic) bond motifs is 1. The van der Waals surface area contributed by atoms with Crippen LogP contribution in [0.3, 0.4) is 0 Å². The Bertz CT molecular complexity index is 1120. The number of hydrogen-bond donors (Lipinski definition) is 4. The first kappa shape index (κ1) is 17.9. The molecule has 150 valence electrons. The highest BCUT2D eigenvalue weighted by atomic mass is 19.1. The van der Waals surface area contributed by atoms with Crippen LogP contribution in [0.2, 0.25) is 0 Å². The number of nitrogens with zero attached hydrogens (tertiary/aromatic N) is 4. The first-order valence-electron chi connectivity index (χ1n) is 9.70. The maximum Gasteiger partial charge on any atom is 0.210 e. The highest BCUT2D eigenvalue weighted by molar-refractivity contribution is 5.83. The van der Waals surface area contributed by atoms with Gasteiger partial charge in [-0.05, 0) is 44.0 Å². The predicted octanol–water partition coefficient (Wildman–Crippen LogP) is 2.74. The molecule has 5 N–H and O–H groups in total. The van der Waals surface area contributed by atoms with E-state index in [2.05, 4.69) is 25.5 Å². The minimum absolute atomic E-state index is 0.111. The molecule has 0 spiro atoms. The van der Waals surface area contributed by atoms with Crippen molar-refractivity contribution in [2.45, 2.75) is 37.4 Å². The quantitative estimate of drug-likeness (QED) is 0.544. The third kappa shape index (κ3) is 2.98. The molecular formula is C20H23FN8. The molecule has 2 aliphatic rings. The Labute approximate surface area is 167 Å². The summed E-state index contributed by atoms with van der Waals surface area (Å²) in [5, 5.41) is 10.1. The number of nitrogens with one attached hydrogen (secondary N) is 3. The average molecular weight is 394 g/mol. The van der Waals surface area contributed by atoms with Crippen molar-refractivity contribution in [3.63, 3.8) is 0 Å². The Morgan fingerprint density at radius 2 is 2.14 bits per heavy atom. The number of pyridine rings is 1. The van der Waals surface area contributed by atoms with Gasteiger partial charge in [0.2, 0.25) is 11.6 Å². The van der Waals surface area contributed by atoms with E-state index in [9.17, 15) is 4.39 Å². The summed E-state index contributed by atoms with van der Waals surface area (Å²) in [7, 11) is 1.87. The van der Waals surface area contributed by atoms with E-state index in [0.29, 0.717) is 17.6 Å². The fourth-order valence-electron chi connectivity index (χ4n) is 3.55. The Morgan fingerprint density at radius 1 is 1.31 bits per heavy atom. The second kappa shape index (κ2) is 6.41. The molecule has 9 heteroatoms. The van der Waals surface area contributed by atoms with E-state index in [1.165, 1.54) is 6.20 Å². The zero-order chi connectivity index (χ0) is 20.2. The van der Waals surface area contributed by atoms with E-state index in [-0.39, 0.29) is 6.04 Å². The van der Waals surface area contributed by atoms with Gasteiger partial charge in [0.15, 0.2) is 5.83 Å². The maximum atomic E-state index is 14.7. The number of halogens is 1. The van der Waals surface area contributed by atoms with Gasteiger partial charge in [-0.1, -0.05) is 0 Å². The van der Waals surface area contributed by atoms with Gasteiger partial charge in [0.25, 0.3) is 0 Å². The fraction of sp³-hybridized carbons (Fsp3) is 0.350. The summed E-state index contributed by atoms with van der Waals surface area (Å²) in [4.78, 5) is 14.2. The van der Waals surface area contributed by atoms with Crippen LogP contribution in [0.25, 0.3) is 11.0 Å². The van der Waals surface area contributed by atoms with Crippen molar-refractivity contribution in [2.75, 3.05) is 7.05 Å². The first-order valence-corrected chi connectivity index (χ1v) is 9.70. The Morgan fingerprint density at radius 3 is 2.93 bits per heavy atom. The molecule has 1 aliphatic carbocycles. The summed E-state index contributed by atoms with van der Waals surface area (Å²) in [5.74, 6) is 0.338. The molecule has 0 radical (unpaired) electrons. The standard InChI is InChI=1S/C20H23FN8/c1-11(13-5-6-14-15(25-13)7-8-23-14)29(2)19-24-10-17(21)20(22,26-19)18-9-16(27-28-18)12-3-4-12/h5-12,23H,3-4,22H2,1-2H3,(H,24,26)(H,27,28)/t11-,20?/m1/s1. The second-order valence-electron chi connectivity index (χ2n) is 7.75. The molecule has 3 aromatic heterocycles. The van der Waals surface area contributed by atoms with Gasteiger partial charge in [0.1, 0.15) is 5.69 Å². The SMILES string of the molecule is C[C@H](c1ccc2[nH]ccc2n1)N(C)C1=NC(N)(c2cc(C3CC3)[nH]n2)C(F)=CN1. The van der Waals surface area contributed by atoms with E-state index in [1.807, 2.05) is 49.3 Å². The monoisotopic (exact) mass is 394 g/mol. The molecule has 2 atom stereocenters. The molecule has 3 aromatic rings. The van der Waals surface area contributed by atoms with Gasteiger partial charge in [0, 0.05) is 31.1 Å². The van der Waals surface area contributed by atoms with Crippen molar-refractivity contribution < 1.29 is 4.39 Å². The van der Waals surface area contributed by atoms with Crippen LogP contribution in [0, 0.1) is 0 Å². The summed E-state index contributed by atoms with van der Waals surface area (Å²) < 4.78 is 14.7. The molecule has 0 aromatic carbocycles. The molecule has 1 unspecified atom stereocenters. The van der Waals surface area contributed by atoms with Crippen LogP contribution in [0.5, 0.6) is 0 Å². The first-order chi connectivity index (χ1) is 14.0. The van der Waals surface area contributed by atoms with Gasteiger partial charge < -0.3 is 15.2 Å². The van der Waals surface area contributed by atoms with Crippen LogP contribution < -0.4 is 11.1 Å². The summed E-state index contributed by atoms with van der Waals surface area (Å²) in [6.07, 6.45) is 5.34. The number of nitrogens with two attached hydrogens (primary N) is 1. The van der Waals surface area contributed by atoms with Crippen LogP contribution in [0.4, 0.5) is 4.39 Å². The second-order valence-corrected chi connectivity index (χ2v) is 7.75. The Balaban J connectivity index is 1.44. The summed E-state index contributed by atoms with van der Waals surface area (Å²) >= 11 is 0. The van der Waals surface area contributed by atoms with Crippen LogP contribution in [0.1, 0.15) is 48.8 Å². The zero-order valence-electron chi connectivity index (χ0n) is 16.3. The molecule has 1 aliphatic heterocycles. The number of hydrogen-bond acceptors (Lipinski definition) is 6. The molecule has 8 nitrogen and oxygen atoms in total. The predicted molar refractivity (Wildman–Crippen MR) is 108 cm³/mol. The maximum absolute atomic E-state index is 14.7. The van der Waals surface area contributed by atoms with Gasteiger partial charge >= 0.3 is 0 Å². The molecule has 0 amide bonds. The minimum atomic E-state index is -1.66. The molecule has 29 heavy (non-hydrogen) atoms. The van der Waals surface area contributed by atoms with Crippen molar-refractivity contribution in [1.82, 2.24) is 30.4 Å². The molecule has 0 bridgehead atoms. The van der Waals surface area contributed by atoms with Gasteiger partial charge in [-0.15, -0.1) is 0 Å². The van der Waals surface area contributed by atoms with Crippen molar-refractivity contribution in [2.24, 2.45) is 10.7 Å². The number of guanidine groups is 1. The molecule has 1 fully saturated rings. The lowest BCUT2D eigenvalue weighted by molar-refractivity contribution is 0.350. The molecule has 1 saturated carbocycles. The van der Waals surface area contributed by atoms with E-state index < -0.39 is 11.5 Å². The molecule has 0 saturated heterocycles. The van der Waals surface area contributed by atoms with Crippen molar-refractivity contribution in [3.05, 3.63) is 59.6 Å². The van der Waals surface area contributed by atoms with Gasteiger partial charge in [-0.25, -0.2) is 14.4 Å². The summed E-state index contributed by atoms with van der Waals surface area (Å²) in [6, 6.07) is 7.60. The zero-order valence-corrected chi connectivity index (χ0v) is 16.3. The molecular weight excluding hydrogens is 371 g/mol. The number of aromatic amines is 2. The fourth-order valence-corrected chi connectivity index (χ4v) is 3.55. The largest absolute Gasteiger partial charge is 0.360 e. The Kier molecular flexibility index (Phi) is 3.95. The lowest BCUT2D eigenvalue weighted by atomic mass is 10.0. The highest BCUT2D eigenvalue weighted by Gasteiger charge is 2.40. The third-order valence-corrected chi connectivity index (χ3v) is 5.75. The number of rotatable bonds is 4. The highest BCUT2D eigenvalue weighted by Crippen LogP contribution is 2.41. The van der Waals surface area contributed by atoms with E-state index >= 15 is 0 Å². The van der Waals surface area contributed by atoms with Crippen molar-refractivity contribution in [3.8, 4) is 0 Å². The number of aromatic nitrogens is 4. The van der Waals surface area contributed by atoms with Gasteiger partial charge in [-0.3, -0.25) is 10.8 Å². The van der Waals surface area contributed by atoms with E-state index in [4.69, 9.17) is 10.7 Å². The van der Waals surface area contributed by atoms with Gasteiger partial charge in [-0.2, -0.15) is 5.10 Å². The van der Waals surface area contributed by atoms with Crippen molar-refractivity contribution >= 4 is 17.0 Å². The van der Waals surface area contributed by atoms with Crippen LogP contribution >= 0.6 is 0 Å². The van der Waals surface area contributed by atoms with Gasteiger partial charge in [0.05, 0.1) is 22.8 Å². The smallest absolute Gasteiger partial charge is 0.210 e. The Hall–Kier alpha value is -3.20. The topological polar surface area (TPSA) is 111 Å². The number of H-pyrrole nitrogens is 2. The summed E-state index contributed by atoms with van der Waals surface area (Å²) in [5.41, 5.74) is 8.83. The number of aliphatic imine (C=N–C) groups is 1. The minimum Gasteiger partial charge on any atom is -0.360 e. The summed E-state index contributed by atoms with van der Waals surface area (Å²) in [6.45, 7) is 2.01. The van der Waals surface area contributed by atoms with Crippen molar-refractivity contribution in [1.29, 1.82) is 0 Å². The molecule has 5 rings (SSSR count). The van der Waals surface area contributed by atoms with E-state index in [0.717, 1.165) is 35.3 Å². The van der Waals surface area contributed by atoms with Crippen LogP contribution in [-0.4, -0.2) is 38.1 Å². The van der Waals surface area contributed by atoms with Crippen LogP contribution in [0.15, 0.2) is 47.5 Å². The average Bonchev–Trinajstić information content (AvgIpc) is 3.26. The molecule has 4 heterocycles. The lowest BCUT2D eigenvalue weighted by Crippen LogP contribution is -2.48. The van der Waals surface area contributed by atoms with E-state index in [1.54, 1.807) is 0 Å². The normalized spacial score (nSPS) is 22.8. The lowest BCUT2D eigenvalue weighted by Gasteiger charge is -2.33. The van der Waals surface area contributed by atoms with Crippen LogP contribution in [-0.2, 0) is 5.66 Å².